The SMILES string of the molecule is C[C@H]1CN(C(=O)C(=O)Nc2ccc3c(c2)OC(=O)C3)CCN1c1ccc(Cl)cc1. The van der Waals surface area contributed by atoms with Crippen molar-refractivity contribution in [1.82, 2.24) is 4.90 Å². The molecule has 1 fully saturated rings. The van der Waals surface area contributed by atoms with E-state index in [0.29, 0.717) is 36.1 Å². The molecule has 0 radical (unpaired) electrons. The van der Waals surface area contributed by atoms with Crippen molar-refractivity contribution < 1.29 is 19.1 Å². The highest BCUT2D eigenvalue weighted by Gasteiger charge is 2.30. The van der Waals surface area contributed by atoms with E-state index in [1.807, 2.05) is 31.2 Å². The molecule has 0 aromatic heterocycles. The number of fused-ring (bicyclic) bond motifs is 1. The Bertz CT molecular complexity index is 976. The number of anilines is 2. The second-order valence-electron chi connectivity index (χ2n) is 7.20. The predicted molar refractivity (Wildman–Crippen MR) is 109 cm³/mol. The van der Waals surface area contributed by atoms with E-state index in [-0.39, 0.29) is 18.4 Å². The van der Waals surface area contributed by atoms with Gasteiger partial charge in [0.25, 0.3) is 0 Å². The van der Waals surface area contributed by atoms with Gasteiger partial charge in [-0.3, -0.25) is 14.4 Å². The zero-order chi connectivity index (χ0) is 20.5. The van der Waals surface area contributed by atoms with E-state index >= 15 is 0 Å². The van der Waals surface area contributed by atoms with Crippen LogP contribution in [0.1, 0.15) is 12.5 Å². The van der Waals surface area contributed by atoms with Crippen LogP contribution in [-0.2, 0) is 20.8 Å². The summed E-state index contributed by atoms with van der Waals surface area (Å²) in [5, 5.41) is 3.27. The van der Waals surface area contributed by atoms with Crippen LogP contribution < -0.4 is 15.0 Å². The highest BCUT2D eigenvalue weighted by molar-refractivity contribution is 6.39. The van der Waals surface area contributed by atoms with Gasteiger partial charge in [-0.25, -0.2) is 0 Å². The fourth-order valence-corrected chi connectivity index (χ4v) is 3.80. The Labute approximate surface area is 173 Å². The van der Waals surface area contributed by atoms with E-state index in [2.05, 4.69) is 10.2 Å². The first-order chi connectivity index (χ1) is 13.9. The average Bonchev–Trinajstić information content (AvgIpc) is 3.07. The zero-order valence-corrected chi connectivity index (χ0v) is 16.6. The van der Waals surface area contributed by atoms with Gasteiger partial charge in [0.1, 0.15) is 5.75 Å². The van der Waals surface area contributed by atoms with E-state index in [0.717, 1.165) is 11.3 Å². The van der Waals surface area contributed by atoms with Gasteiger partial charge in [0, 0.05) is 53.7 Å². The molecule has 4 rings (SSSR count). The molecular weight excluding hydrogens is 394 g/mol. The third kappa shape index (κ3) is 4.05. The van der Waals surface area contributed by atoms with Gasteiger partial charge < -0.3 is 19.9 Å². The number of hydrogen-bond acceptors (Lipinski definition) is 5. The van der Waals surface area contributed by atoms with Crippen LogP contribution in [0.15, 0.2) is 42.5 Å². The van der Waals surface area contributed by atoms with Crippen molar-refractivity contribution in [3.8, 4) is 5.75 Å². The number of halogens is 1. The number of hydrogen-bond donors (Lipinski definition) is 1. The lowest BCUT2D eigenvalue weighted by Gasteiger charge is -2.41. The monoisotopic (exact) mass is 413 g/mol. The lowest BCUT2D eigenvalue weighted by atomic mass is 10.1. The maximum atomic E-state index is 12.6. The quantitative estimate of drug-likeness (QED) is 0.465. The molecule has 2 aromatic rings. The molecule has 8 heteroatoms. The zero-order valence-electron chi connectivity index (χ0n) is 15.9. The molecule has 2 heterocycles. The van der Waals surface area contributed by atoms with E-state index < -0.39 is 11.8 Å². The Balaban J connectivity index is 1.37. The van der Waals surface area contributed by atoms with E-state index in [1.54, 1.807) is 23.1 Å². The number of ether oxygens (including phenoxy) is 1. The minimum Gasteiger partial charge on any atom is -0.426 e. The average molecular weight is 414 g/mol. The number of rotatable bonds is 2. The smallest absolute Gasteiger partial charge is 0.315 e. The summed E-state index contributed by atoms with van der Waals surface area (Å²) in [6, 6.07) is 12.6. The van der Waals surface area contributed by atoms with Gasteiger partial charge in [0.15, 0.2) is 0 Å². The van der Waals surface area contributed by atoms with Crippen LogP contribution in [0.2, 0.25) is 5.02 Å². The Hall–Kier alpha value is -3.06. The molecule has 0 unspecified atom stereocenters. The normalized spacial score (nSPS) is 18.3. The van der Waals surface area contributed by atoms with Gasteiger partial charge in [-0.1, -0.05) is 17.7 Å². The number of carbonyl (C=O) groups excluding carboxylic acids is 3. The summed E-state index contributed by atoms with van der Waals surface area (Å²) in [6.07, 6.45) is 0.221. The first-order valence-electron chi connectivity index (χ1n) is 9.37. The maximum absolute atomic E-state index is 12.6. The van der Waals surface area contributed by atoms with Gasteiger partial charge in [-0.15, -0.1) is 0 Å². The van der Waals surface area contributed by atoms with Crippen LogP contribution in [-0.4, -0.2) is 48.4 Å². The number of nitrogens with one attached hydrogen (secondary N) is 1. The maximum Gasteiger partial charge on any atom is 0.315 e. The summed E-state index contributed by atoms with van der Waals surface area (Å²) in [4.78, 5) is 40.1. The molecule has 0 bridgehead atoms. The van der Waals surface area contributed by atoms with Crippen LogP contribution in [0.25, 0.3) is 0 Å². The summed E-state index contributed by atoms with van der Waals surface area (Å²) in [5.74, 6) is -1.19. The molecule has 150 valence electrons. The number of piperazine rings is 1. The lowest BCUT2D eigenvalue weighted by Crippen LogP contribution is -2.55. The van der Waals surface area contributed by atoms with Crippen molar-refractivity contribution in [3.05, 3.63) is 53.1 Å². The number of carbonyl (C=O) groups is 3. The highest BCUT2D eigenvalue weighted by Crippen LogP contribution is 2.29. The standard InChI is InChI=1S/C21H20ClN3O4/c1-13-12-24(8-9-25(13)17-6-3-15(22)4-7-17)21(28)20(27)23-16-5-2-14-10-19(26)29-18(14)11-16/h2-7,11,13H,8-10,12H2,1H3,(H,23,27)/t13-/m0/s1. The largest absolute Gasteiger partial charge is 0.426 e. The van der Waals surface area contributed by atoms with Gasteiger partial charge >= 0.3 is 17.8 Å². The Kier molecular flexibility index (Phi) is 5.15. The van der Waals surface area contributed by atoms with Gasteiger partial charge in [-0.2, -0.15) is 0 Å². The molecule has 1 saturated heterocycles. The number of nitrogens with zero attached hydrogens (tertiary/aromatic N) is 2. The number of benzene rings is 2. The van der Waals surface area contributed by atoms with Crippen LogP contribution in [0.4, 0.5) is 11.4 Å². The minimum absolute atomic E-state index is 0.0566. The molecule has 2 aliphatic heterocycles. The molecule has 2 aromatic carbocycles. The molecule has 2 aliphatic rings. The molecular formula is C21H20ClN3O4. The van der Waals surface area contributed by atoms with Crippen LogP contribution >= 0.6 is 11.6 Å². The summed E-state index contributed by atoms with van der Waals surface area (Å²) < 4.78 is 5.08. The van der Waals surface area contributed by atoms with Crippen molar-refractivity contribution in [2.75, 3.05) is 29.9 Å². The Morgan fingerprint density at radius 2 is 1.90 bits per heavy atom. The van der Waals surface area contributed by atoms with Gasteiger partial charge in [-0.05, 0) is 37.3 Å². The van der Waals surface area contributed by atoms with E-state index in [1.165, 1.54) is 0 Å². The molecule has 0 aliphatic carbocycles. The predicted octanol–water partition coefficient (Wildman–Crippen LogP) is 2.48. The molecule has 1 N–H and O–H groups in total. The molecule has 29 heavy (non-hydrogen) atoms. The van der Waals surface area contributed by atoms with Crippen LogP contribution in [0, 0.1) is 0 Å². The van der Waals surface area contributed by atoms with E-state index in [9.17, 15) is 14.4 Å². The van der Waals surface area contributed by atoms with Crippen LogP contribution in [0.3, 0.4) is 0 Å². The van der Waals surface area contributed by atoms with Crippen LogP contribution in [0.5, 0.6) is 5.75 Å². The molecule has 7 nitrogen and oxygen atoms in total. The minimum atomic E-state index is -0.707. The second-order valence-corrected chi connectivity index (χ2v) is 7.63. The summed E-state index contributed by atoms with van der Waals surface area (Å²) >= 11 is 5.95. The third-order valence-corrected chi connectivity index (χ3v) is 5.40. The number of esters is 1. The number of amides is 2. The second kappa shape index (κ2) is 7.75. The van der Waals surface area contributed by atoms with Gasteiger partial charge in [0.2, 0.25) is 0 Å². The molecule has 1 atom stereocenters. The molecule has 0 spiro atoms. The summed E-state index contributed by atoms with van der Waals surface area (Å²) in [5.41, 5.74) is 2.22. The molecule has 0 saturated carbocycles. The lowest BCUT2D eigenvalue weighted by molar-refractivity contribution is -0.143. The fourth-order valence-electron chi connectivity index (χ4n) is 3.67. The topological polar surface area (TPSA) is 79.0 Å². The van der Waals surface area contributed by atoms with Crippen molar-refractivity contribution in [3.63, 3.8) is 0 Å². The fraction of sp³-hybridized carbons (Fsp3) is 0.286. The van der Waals surface area contributed by atoms with Crippen molar-refractivity contribution in [2.45, 2.75) is 19.4 Å². The van der Waals surface area contributed by atoms with Crippen molar-refractivity contribution in [2.24, 2.45) is 0 Å². The van der Waals surface area contributed by atoms with Crippen molar-refractivity contribution >= 4 is 40.8 Å². The Morgan fingerprint density at radius 1 is 1.14 bits per heavy atom. The first-order valence-corrected chi connectivity index (χ1v) is 9.74. The first kappa shape index (κ1) is 19.3. The third-order valence-electron chi connectivity index (χ3n) is 5.15. The highest BCUT2D eigenvalue weighted by atomic mass is 35.5. The molecule has 2 amide bonds. The van der Waals surface area contributed by atoms with Crippen molar-refractivity contribution in [1.29, 1.82) is 0 Å². The van der Waals surface area contributed by atoms with Gasteiger partial charge in [0.05, 0.1) is 6.42 Å². The van der Waals surface area contributed by atoms with E-state index in [4.69, 9.17) is 16.3 Å². The Morgan fingerprint density at radius 3 is 2.62 bits per heavy atom. The summed E-state index contributed by atoms with van der Waals surface area (Å²) in [6.45, 7) is 3.52. The summed E-state index contributed by atoms with van der Waals surface area (Å²) in [7, 11) is 0.